The highest BCUT2D eigenvalue weighted by Crippen LogP contribution is 2.18. The van der Waals surface area contributed by atoms with E-state index in [1.165, 1.54) is 0 Å². The Morgan fingerprint density at radius 2 is 2.00 bits per heavy atom. The van der Waals surface area contributed by atoms with E-state index in [2.05, 4.69) is 12.2 Å². The lowest BCUT2D eigenvalue weighted by Crippen LogP contribution is -2.49. The molecule has 1 saturated carbocycles. The molecule has 4 nitrogen and oxygen atoms in total. The summed E-state index contributed by atoms with van der Waals surface area (Å²) >= 11 is 0. The Kier molecular flexibility index (Phi) is 6.05. The average molecular weight is 290 g/mol. The fourth-order valence-corrected chi connectivity index (χ4v) is 2.63. The van der Waals surface area contributed by atoms with Crippen molar-refractivity contribution < 1.29 is 9.53 Å². The number of amides is 1. The van der Waals surface area contributed by atoms with Gasteiger partial charge in [-0.25, -0.2) is 0 Å². The Morgan fingerprint density at radius 3 is 2.67 bits per heavy atom. The Bertz CT molecular complexity index is 445. The predicted molar refractivity (Wildman–Crippen MR) is 84.5 cm³/mol. The Hall–Kier alpha value is -1.55. The van der Waals surface area contributed by atoms with Crippen LogP contribution in [0.5, 0.6) is 5.75 Å². The molecular weight excluding hydrogens is 264 g/mol. The fraction of sp³-hybridized carbons (Fsp3) is 0.588. The standard InChI is InChI=1S/C17H26N2O2/c1-2-3-12-21-14-10-8-13(9-11-14)17(20)19-16-7-5-4-6-15(16)18/h8-11,15-16H,2-7,12,18H2,1H3,(H,19,20)/t15-,16+/m1/s1. The van der Waals surface area contributed by atoms with Gasteiger partial charge in [-0.3, -0.25) is 4.79 Å². The molecule has 116 valence electrons. The van der Waals surface area contributed by atoms with Crippen LogP contribution in [-0.2, 0) is 0 Å². The first-order valence-corrected chi connectivity index (χ1v) is 8.00. The summed E-state index contributed by atoms with van der Waals surface area (Å²) in [5.41, 5.74) is 6.73. The second-order valence-electron chi connectivity index (χ2n) is 5.75. The number of carbonyl (C=O) groups is 1. The van der Waals surface area contributed by atoms with Crippen molar-refractivity contribution >= 4 is 5.91 Å². The molecule has 1 aromatic carbocycles. The summed E-state index contributed by atoms with van der Waals surface area (Å²) < 4.78 is 5.60. The van der Waals surface area contributed by atoms with E-state index < -0.39 is 0 Å². The van der Waals surface area contributed by atoms with Gasteiger partial charge in [0.15, 0.2) is 0 Å². The molecule has 2 atom stereocenters. The van der Waals surface area contributed by atoms with Crippen molar-refractivity contribution in [2.24, 2.45) is 5.73 Å². The van der Waals surface area contributed by atoms with Gasteiger partial charge in [0.25, 0.3) is 5.91 Å². The first kappa shape index (κ1) is 15.8. The third-order valence-corrected chi connectivity index (χ3v) is 4.02. The molecule has 2 rings (SSSR count). The van der Waals surface area contributed by atoms with Gasteiger partial charge in [0.1, 0.15) is 5.75 Å². The summed E-state index contributed by atoms with van der Waals surface area (Å²) in [6, 6.07) is 7.51. The molecule has 0 bridgehead atoms. The molecule has 1 amide bonds. The third-order valence-electron chi connectivity index (χ3n) is 4.02. The van der Waals surface area contributed by atoms with Gasteiger partial charge in [0.2, 0.25) is 0 Å². The van der Waals surface area contributed by atoms with Gasteiger partial charge in [-0.05, 0) is 43.5 Å². The van der Waals surface area contributed by atoms with Gasteiger partial charge in [0, 0.05) is 17.6 Å². The van der Waals surface area contributed by atoms with Gasteiger partial charge in [-0.2, -0.15) is 0 Å². The van der Waals surface area contributed by atoms with E-state index in [0.29, 0.717) is 5.56 Å². The molecule has 0 heterocycles. The van der Waals surface area contributed by atoms with E-state index in [-0.39, 0.29) is 18.0 Å². The highest BCUT2D eigenvalue weighted by Gasteiger charge is 2.23. The number of ether oxygens (including phenoxy) is 1. The molecule has 1 aliphatic rings. The molecule has 0 spiro atoms. The van der Waals surface area contributed by atoms with E-state index >= 15 is 0 Å². The second kappa shape index (κ2) is 8.03. The van der Waals surface area contributed by atoms with Crippen LogP contribution in [0.15, 0.2) is 24.3 Å². The number of hydrogen-bond donors (Lipinski definition) is 2. The van der Waals surface area contributed by atoms with E-state index in [4.69, 9.17) is 10.5 Å². The second-order valence-corrected chi connectivity index (χ2v) is 5.75. The molecule has 0 aromatic heterocycles. The van der Waals surface area contributed by atoms with Crippen LogP contribution >= 0.6 is 0 Å². The largest absolute Gasteiger partial charge is 0.494 e. The van der Waals surface area contributed by atoms with E-state index in [1.807, 2.05) is 24.3 Å². The number of carbonyl (C=O) groups excluding carboxylic acids is 1. The van der Waals surface area contributed by atoms with Gasteiger partial charge in [-0.15, -0.1) is 0 Å². The van der Waals surface area contributed by atoms with Crippen molar-refractivity contribution in [3.8, 4) is 5.75 Å². The number of rotatable bonds is 6. The molecule has 4 heteroatoms. The summed E-state index contributed by atoms with van der Waals surface area (Å²) in [6.07, 6.45) is 6.43. The Labute approximate surface area is 127 Å². The lowest BCUT2D eigenvalue weighted by molar-refractivity contribution is 0.0921. The molecule has 3 N–H and O–H groups in total. The van der Waals surface area contributed by atoms with Crippen LogP contribution in [0.25, 0.3) is 0 Å². The number of hydrogen-bond acceptors (Lipinski definition) is 3. The maximum absolute atomic E-state index is 12.2. The molecular formula is C17H26N2O2. The zero-order valence-corrected chi connectivity index (χ0v) is 12.8. The van der Waals surface area contributed by atoms with Crippen LogP contribution in [-0.4, -0.2) is 24.6 Å². The van der Waals surface area contributed by atoms with Gasteiger partial charge >= 0.3 is 0 Å². The zero-order chi connectivity index (χ0) is 15.1. The van der Waals surface area contributed by atoms with Gasteiger partial charge in [-0.1, -0.05) is 26.2 Å². The van der Waals surface area contributed by atoms with Crippen molar-refractivity contribution in [1.29, 1.82) is 0 Å². The van der Waals surface area contributed by atoms with E-state index in [9.17, 15) is 4.79 Å². The highest BCUT2D eigenvalue weighted by molar-refractivity contribution is 5.94. The van der Waals surface area contributed by atoms with Crippen LogP contribution < -0.4 is 15.8 Å². The average Bonchev–Trinajstić information content (AvgIpc) is 2.50. The minimum Gasteiger partial charge on any atom is -0.494 e. The number of unbranched alkanes of at least 4 members (excludes halogenated alkanes) is 1. The maximum atomic E-state index is 12.2. The Balaban J connectivity index is 1.87. The summed E-state index contributed by atoms with van der Waals surface area (Å²) in [5.74, 6) is 0.770. The first-order valence-electron chi connectivity index (χ1n) is 8.00. The SMILES string of the molecule is CCCCOc1ccc(C(=O)N[C@H]2CCCC[C@H]2N)cc1. The molecule has 1 aromatic rings. The zero-order valence-electron chi connectivity index (χ0n) is 12.8. The summed E-state index contributed by atoms with van der Waals surface area (Å²) in [5, 5.41) is 3.05. The first-order chi connectivity index (χ1) is 10.2. The van der Waals surface area contributed by atoms with Crippen LogP contribution in [0.4, 0.5) is 0 Å². The maximum Gasteiger partial charge on any atom is 0.251 e. The van der Waals surface area contributed by atoms with Crippen molar-refractivity contribution in [3.63, 3.8) is 0 Å². The number of nitrogens with two attached hydrogens (primary N) is 1. The topological polar surface area (TPSA) is 64.3 Å². The summed E-state index contributed by atoms with van der Waals surface area (Å²) in [7, 11) is 0. The van der Waals surface area contributed by atoms with Crippen LogP contribution in [0, 0.1) is 0 Å². The molecule has 1 fully saturated rings. The smallest absolute Gasteiger partial charge is 0.251 e. The molecule has 0 unspecified atom stereocenters. The lowest BCUT2D eigenvalue weighted by Gasteiger charge is -2.29. The third kappa shape index (κ3) is 4.74. The molecule has 21 heavy (non-hydrogen) atoms. The molecule has 0 aliphatic heterocycles. The summed E-state index contributed by atoms with van der Waals surface area (Å²) in [4.78, 5) is 12.2. The Morgan fingerprint density at radius 1 is 1.29 bits per heavy atom. The van der Waals surface area contributed by atoms with Crippen molar-refractivity contribution in [1.82, 2.24) is 5.32 Å². The highest BCUT2D eigenvalue weighted by atomic mass is 16.5. The van der Waals surface area contributed by atoms with Crippen molar-refractivity contribution in [2.45, 2.75) is 57.5 Å². The normalized spacial score (nSPS) is 21.8. The van der Waals surface area contributed by atoms with Crippen molar-refractivity contribution in [3.05, 3.63) is 29.8 Å². The van der Waals surface area contributed by atoms with Crippen LogP contribution in [0.3, 0.4) is 0 Å². The fourth-order valence-electron chi connectivity index (χ4n) is 2.63. The predicted octanol–water partition coefficient (Wildman–Crippen LogP) is 2.87. The molecule has 0 radical (unpaired) electrons. The quantitative estimate of drug-likeness (QED) is 0.792. The van der Waals surface area contributed by atoms with Crippen LogP contribution in [0.2, 0.25) is 0 Å². The van der Waals surface area contributed by atoms with Crippen LogP contribution in [0.1, 0.15) is 55.8 Å². The molecule has 1 aliphatic carbocycles. The molecule has 0 saturated heterocycles. The van der Waals surface area contributed by atoms with E-state index in [0.717, 1.165) is 50.9 Å². The van der Waals surface area contributed by atoms with E-state index in [1.54, 1.807) is 0 Å². The minimum absolute atomic E-state index is 0.0440. The lowest BCUT2D eigenvalue weighted by atomic mass is 9.91. The monoisotopic (exact) mass is 290 g/mol. The summed E-state index contributed by atoms with van der Waals surface area (Å²) in [6.45, 7) is 2.85. The number of benzene rings is 1. The van der Waals surface area contributed by atoms with Gasteiger partial charge in [0.05, 0.1) is 6.61 Å². The van der Waals surface area contributed by atoms with Gasteiger partial charge < -0.3 is 15.8 Å². The van der Waals surface area contributed by atoms with Crippen molar-refractivity contribution in [2.75, 3.05) is 6.61 Å². The minimum atomic E-state index is -0.0440. The number of nitrogens with one attached hydrogen (secondary N) is 1.